The van der Waals surface area contributed by atoms with Crippen LogP contribution in [0.1, 0.15) is 45.9 Å². The van der Waals surface area contributed by atoms with Gasteiger partial charge in [0.2, 0.25) is 0 Å². The Morgan fingerprint density at radius 3 is 2.24 bits per heavy atom. The van der Waals surface area contributed by atoms with E-state index in [0.717, 1.165) is 0 Å². The summed E-state index contributed by atoms with van der Waals surface area (Å²) >= 11 is 0. The number of nitrogens with one attached hydrogen (secondary N) is 1. The van der Waals surface area contributed by atoms with Crippen LogP contribution in [0, 0.1) is 13.8 Å². The molecule has 0 atom stereocenters. The molecule has 1 aromatic carbocycles. The van der Waals surface area contributed by atoms with Crippen molar-refractivity contribution in [3.8, 4) is 0 Å². The van der Waals surface area contributed by atoms with Gasteiger partial charge in [-0.2, -0.15) is 0 Å². The van der Waals surface area contributed by atoms with Crippen LogP contribution >= 0.6 is 0 Å². The normalized spacial score (nSPS) is 10.3. The van der Waals surface area contributed by atoms with Crippen molar-refractivity contribution < 1.29 is 23.5 Å². The number of hydrogen-bond acceptors (Lipinski definition) is 6. The second-order valence-corrected chi connectivity index (χ2v) is 6.36. The van der Waals surface area contributed by atoms with E-state index in [-0.39, 0.29) is 17.2 Å². The summed E-state index contributed by atoms with van der Waals surface area (Å²) < 4.78 is 9.90. The minimum Gasteiger partial charge on any atom is -0.452 e. The minimum absolute atomic E-state index is 0.0814. The van der Waals surface area contributed by atoms with Crippen molar-refractivity contribution in [1.82, 2.24) is 4.90 Å². The fraction of sp³-hybridized carbons (Fsp3) is 0.333. The van der Waals surface area contributed by atoms with E-state index in [4.69, 9.17) is 9.15 Å². The molecule has 154 valence electrons. The number of aryl methyl sites for hydroxylation is 2. The number of hydrogen-bond donors (Lipinski definition) is 1. The Bertz CT molecular complexity index is 932. The molecule has 0 fully saturated rings. The van der Waals surface area contributed by atoms with E-state index in [9.17, 15) is 19.2 Å². The van der Waals surface area contributed by atoms with Gasteiger partial charge in [0, 0.05) is 30.4 Å². The van der Waals surface area contributed by atoms with Gasteiger partial charge >= 0.3 is 11.6 Å². The maximum absolute atomic E-state index is 12.3. The zero-order chi connectivity index (χ0) is 21.6. The van der Waals surface area contributed by atoms with Crippen molar-refractivity contribution in [2.45, 2.75) is 27.7 Å². The molecule has 8 nitrogen and oxygen atoms in total. The van der Waals surface area contributed by atoms with Crippen molar-refractivity contribution in [3.63, 3.8) is 0 Å². The smallest absolute Gasteiger partial charge is 0.342 e. The number of carbonyl (C=O) groups is 3. The molecule has 0 spiro atoms. The fourth-order valence-corrected chi connectivity index (χ4v) is 2.85. The summed E-state index contributed by atoms with van der Waals surface area (Å²) in [5, 5.41) is 2.60. The highest BCUT2D eigenvalue weighted by atomic mass is 16.5. The third kappa shape index (κ3) is 5.54. The topological polar surface area (TPSA) is 106 Å². The maximum atomic E-state index is 12.3. The lowest BCUT2D eigenvalue weighted by atomic mass is 10.1. The Morgan fingerprint density at radius 1 is 1.07 bits per heavy atom. The molecule has 0 unspecified atom stereocenters. The zero-order valence-electron chi connectivity index (χ0n) is 16.9. The Morgan fingerprint density at radius 2 is 1.69 bits per heavy atom. The van der Waals surface area contributed by atoms with E-state index in [1.54, 1.807) is 36.1 Å². The quantitative estimate of drug-likeness (QED) is 0.716. The molecule has 0 aliphatic rings. The molecule has 1 N–H and O–H groups in total. The highest BCUT2D eigenvalue weighted by molar-refractivity contribution is 5.97. The molecular weight excluding hydrogens is 376 g/mol. The standard InChI is InChI=1S/C21H24N2O6/c1-5-23(6-2)20(26)15-7-9-16(10-8-15)22-17(24)12-28-21(27)19-13(3)11-18(25)29-14(19)4/h7-11H,5-6,12H2,1-4H3,(H,22,24). The summed E-state index contributed by atoms with van der Waals surface area (Å²) in [5.74, 6) is -1.23. The molecule has 2 rings (SSSR count). The van der Waals surface area contributed by atoms with Crippen molar-refractivity contribution in [1.29, 1.82) is 0 Å². The van der Waals surface area contributed by atoms with Crippen LogP contribution in [0.5, 0.6) is 0 Å². The number of benzene rings is 1. The first kappa shape index (κ1) is 21.9. The maximum Gasteiger partial charge on any atom is 0.342 e. The molecule has 0 aliphatic heterocycles. The van der Waals surface area contributed by atoms with E-state index >= 15 is 0 Å². The van der Waals surface area contributed by atoms with Gasteiger partial charge in [0.1, 0.15) is 11.3 Å². The summed E-state index contributed by atoms with van der Waals surface area (Å²) in [7, 11) is 0. The summed E-state index contributed by atoms with van der Waals surface area (Å²) in [5.41, 5.74) is 0.973. The number of amides is 2. The van der Waals surface area contributed by atoms with Crippen molar-refractivity contribution in [2.24, 2.45) is 0 Å². The average molecular weight is 400 g/mol. The van der Waals surface area contributed by atoms with Gasteiger partial charge in [-0.15, -0.1) is 0 Å². The molecule has 0 aliphatic carbocycles. The van der Waals surface area contributed by atoms with Gasteiger partial charge in [-0.25, -0.2) is 9.59 Å². The van der Waals surface area contributed by atoms with Crippen LogP contribution in [0.3, 0.4) is 0 Å². The summed E-state index contributed by atoms with van der Waals surface area (Å²) in [6.45, 7) is 7.60. The number of anilines is 1. The van der Waals surface area contributed by atoms with Crippen LogP contribution in [0.2, 0.25) is 0 Å². The molecule has 2 amide bonds. The third-order valence-corrected chi connectivity index (χ3v) is 4.34. The van der Waals surface area contributed by atoms with E-state index < -0.39 is 24.1 Å². The van der Waals surface area contributed by atoms with Crippen LogP contribution in [-0.4, -0.2) is 42.4 Å². The molecule has 2 aromatic rings. The average Bonchev–Trinajstić information content (AvgIpc) is 2.67. The molecule has 0 radical (unpaired) electrons. The molecule has 1 heterocycles. The second kappa shape index (κ2) is 9.68. The van der Waals surface area contributed by atoms with E-state index in [2.05, 4.69) is 5.32 Å². The lowest BCUT2D eigenvalue weighted by Gasteiger charge is -2.18. The lowest BCUT2D eigenvalue weighted by molar-refractivity contribution is -0.119. The van der Waals surface area contributed by atoms with E-state index in [1.807, 2.05) is 13.8 Å². The Hall–Kier alpha value is -3.42. The van der Waals surface area contributed by atoms with Crippen molar-refractivity contribution in [3.05, 3.63) is 63.2 Å². The van der Waals surface area contributed by atoms with Crippen LogP contribution < -0.4 is 10.9 Å². The SMILES string of the molecule is CCN(CC)C(=O)c1ccc(NC(=O)COC(=O)c2c(C)cc(=O)oc2C)cc1. The molecule has 8 heteroatoms. The first-order valence-electron chi connectivity index (χ1n) is 9.24. The van der Waals surface area contributed by atoms with Gasteiger partial charge in [0.15, 0.2) is 6.61 Å². The first-order valence-corrected chi connectivity index (χ1v) is 9.24. The lowest BCUT2D eigenvalue weighted by Crippen LogP contribution is -2.30. The molecule has 0 bridgehead atoms. The highest BCUT2D eigenvalue weighted by Crippen LogP contribution is 2.14. The molecule has 29 heavy (non-hydrogen) atoms. The summed E-state index contributed by atoms with van der Waals surface area (Å²) in [6, 6.07) is 7.65. The van der Waals surface area contributed by atoms with Gasteiger partial charge in [0.25, 0.3) is 11.8 Å². The number of esters is 1. The van der Waals surface area contributed by atoms with Crippen molar-refractivity contribution in [2.75, 3.05) is 25.0 Å². The van der Waals surface area contributed by atoms with Gasteiger partial charge in [0.05, 0.1) is 0 Å². The van der Waals surface area contributed by atoms with Crippen LogP contribution in [0.15, 0.2) is 39.5 Å². The fourth-order valence-electron chi connectivity index (χ4n) is 2.85. The number of ether oxygens (including phenoxy) is 1. The van der Waals surface area contributed by atoms with Gasteiger partial charge in [-0.3, -0.25) is 9.59 Å². The second-order valence-electron chi connectivity index (χ2n) is 6.36. The summed E-state index contributed by atoms with van der Waals surface area (Å²) in [4.78, 5) is 49.5. The molecule has 0 saturated carbocycles. The van der Waals surface area contributed by atoms with Gasteiger partial charge < -0.3 is 19.4 Å². The molecule has 1 aromatic heterocycles. The first-order chi connectivity index (χ1) is 13.8. The minimum atomic E-state index is -0.751. The predicted molar refractivity (Wildman–Crippen MR) is 107 cm³/mol. The van der Waals surface area contributed by atoms with Crippen LogP contribution in [0.4, 0.5) is 5.69 Å². The Kier molecular flexibility index (Phi) is 7.30. The number of nitrogens with zero attached hydrogens (tertiary/aromatic N) is 1. The predicted octanol–water partition coefficient (Wildman–Crippen LogP) is 2.53. The van der Waals surface area contributed by atoms with Gasteiger partial charge in [-0.1, -0.05) is 0 Å². The monoisotopic (exact) mass is 400 g/mol. The molecular formula is C21H24N2O6. The van der Waals surface area contributed by atoms with Crippen LogP contribution in [-0.2, 0) is 9.53 Å². The third-order valence-electron chi connectivity index (χ3n) is 4.34. The number of rotatable bonds is 7. The van der Waals surface area contributed by atoms with E-state index in [0.29, 0.717) is 29.9 Å². The molecule has 0 saturated heterocycles. The largest absolute Gasteiger partial charge is 0.452 e. The van der Waals surface area contributed by atoms with Gasteiger partial charge in [-0.05, 0) is 57.5 Å². The van der Waals surface area contributed by atoms with Crippen molar-refractivity contribution >= 4 is 23.5 Å². The van der Waals surface area contributed by atoms with E-state index in [1.165, 1.54) is 13.0 Å². The Balaban J connectivity index is 1.95. The number of carbonyl (C=O) groups excluding carboxylic acids is 3. The zero-order valence-corrected chi connectivity index (χ0v) is 16.9. The summed E-state index contributed by atoms with van der Waals surface area (Å²) in [6.07, 6.45) is 0. The Labute approximate surface area is 168 Å². The highest BCUT2D eigenvalue weighted by Gasteiger charge is 2.18. The van der Waals surface area contributed by atoms with Crippen LogP contribution in [0.25, 0.3) is 0 Å².